The van der Waals surface area contributed by atoms with Crippen LogP contribution in [0.5, 0.6) is 0 Å². The van der Waals surface area contributed by atoms with Gasteiger partial charge in [0.25, 0.3) is 0 Å². The smallest absolute Gasteiger partial charge is 0.335 e. The standard InChI is InChI=1S/C17H21NO3/c19-16(8-12-4-2-1-3-5-12)18-10-14-7-6-13(17(20)21)9-15(14)11-18/h6-7,9,12H,1-5,8,10-11H2,(H,20,21). The van der Waals surface area contributed by atoms with Gasteiger partial charge in [0, 0.05) is 19.5 Å². The van der Waals surface area contributed by atoms with E-state index < -0.39 is 5.97 Å². The second-order valence-corrected chi connectivity index (χ2v) is 6.25. The van der Waals surface area contributed by atoms with Crippen LogP contribution in [0.4, 0.5) is 0 Å². The van der Waals surface area contributed by atoms with Crippen molar-refractivity contribution >= 4 is 11.9 Å². The molecule has 2 aliphatic rings. The molecule has 1 aliphatic carbocycles. The minimum absolute atomic E-state index is 0.218. The van der Waals surface area contributed by atoms with Crippen LogP contribution in [0.2, 0.25) is 0 Å². The van der Waals surface area contributed by atoms with Gasteiger partial charge in [0.15, 0.2) is 0 Å². The van der Waals surface area contributed by atoms with E-state index in [4.69, 9.17) is 5.11 Å². The highest BCUT2D eigenvalue weighted by Gasteiger charge is 2.26. The molecule has 1 fully saturated rings. The molecule has 1 saturated carbocycles. The summed E-state index contributed by atoms with van der Waals surface area (Å²) in [4.78, 5) is 25.3. The van der Waals surface area contributed by atoms with Gasteiger partial charge in [0.2, 0.25) is 5.91 Å². The third-order valence-electron chi connectivity index (χ3n) is 4.72. The number of aromatic carboxylic acids is 1. The van der Waals surface area contributed by atoms with Crippen LogP contribution in [0.1, 0.15) is 60.0 Å². The summed E-state index contributed by atoms with van der Waals surface area (Å²) >= 11 is 0. The molecule has 4 nitrogen and oxygen atoms in total. The van der Waals surface area contributed by atoms with Gasteiger partial charge < -0.3 is 10.0 Å². The van der Waals surface area contributed by atoms with Crippen LogP contribution in [-0.2, 0) is 17.9 Å². The van der Waals surface area contributed by atoms with Crippen molar-refractivity contribution in [2.24, 2.45) is 5.92 Å². The summed E-state index contributed by atoms with van der Waals surface area (Å²) in [6.07, 6.45) is 6.81. The molecule has 0 aromatic heterocycles. The van der Waals surface area contributed by atoms with Crippen LogP contribution in [0.15, 0.2) is 18.2 Å². The minimum atomic E-state index is -0.912. The fourth-order valence-electron chi connectivity index (χ4n) is 3.47. The molecule has 1 aromatic carbocycles. The highest BCUT2D eigenvalue weighted by Crippen LogP contribution is 2.29. The highest BCUT2D eigenvalue weighted by molar-refractivity contribution is 5.88. The van der Waals surface area contributed by atoms with Crippen molar-refractivity contribution in [3.63, 3.8) is 0 Å². The Balaban J connectivity index is 1.63. The van der Waals surface area contributed by atoms with Gasteiger partial charge in [0.1, 0.15) is 0 Å². The Hall–Kier alpha value is -1.84. The highest BCUT2D eigenvalue weighted by atomic mass is 16.4. The van der Waals surface area contributed by atoms with Crippen molar-refractivity contribution in [2.45, 2.75) is 51.6 Å². The summed E-state index contributed by atoms with van der Waals surface area (Å²) in [7, 11) is 0. The zero-order chi connectivity index (χ0) is 14.8. The lowest BCUT2D eigenvalue weighted by Gasteiger charge is -2.23. The maximum absolute atomic E-state index is 12.4. The van der Waals surface area contributed by atoms with E-state index in [1.165, 1.54) is 32.1 Å². The number of carboxylic acid groups (broad SMARTS) is 1. The van der Waals surface area contributed by atoms with E-state index in [1.54, 1.807) is 12.1 Å². The van der Waals surface area contributed by atoms with E-state index in [-0.39, 0.29) is 5.91 Å². The quantitative estimate of drug-likeness (QED) is 0.928. The summed E-state index contributed by atoms with van der Waals surface area (Å²) in [5, 5.41) is 9.03. The number of fused-ring (bicyclic) bond motifs is 1. The number of rotatable bonds is 3. The molecular formula is C17H21NO3. The van der Waals surface area contributed by atoms with Crippen LogP contribution < -0.4 is 0 Å². The van der Waals surface area contributed by atoms with Crippen molar-refractivity contribution in [1.82, 2.24) is 4.90 Å². The summed E-state index contributed by atoms with van der Waals surface area (Å²) in [6.45, 7) is 1.18. The topological polar surface area (TPSA) is 57.6 Å². The van der Waals surface area contributed by atoms with E-state index in [1.807, 2.05) is 11.0 Å². The minimum Gasteiger partial charge on any atom is -0.478 e. The lowest BCUT2D eigenvalue weighted by atomic mass is 9.87. The third kappa shape index (κ3) is 3.09. The van der Waals surface area contributed by atoms with E-state index in [9.17, 15) is 9.59 Å². The summed E-state index contributed by atoms with van der Waals surface area (Å²) in [5.74, 6) is -0.149. The molecule has 0 spiro atoms. The lowest BCUT2D eigenvalue weighted by Crippen LogP contribution is -2.27. The Bertz CT molecular complexity index is 561. The van der Waals surface area contributed by atoms with E-state index in [2.05, 4.69) is 0 Å². The molecule has 0 bridgehead atoms. The molecule has 3 rings (SSSR count). The Morgan fingerprint density at radius 1 is 1.10 bits per heavy atom. The number of amides is 1. The van der Waals surface area contributed by atoms with Gasteiger partial charge >= 0.3 is 5.97 Å². The monoisotopic (exact) mass is 287 g/mol. The molecule has 1 N–H and O–H groups in total. The molecule has 1 aromatic rings. The second kappa shape index (κ2) is 5.88. The number of carboxylic acids is 1. The molecule has 1 aliphatic heterocycles. The maximum Gasteiger partial charge on any atom is 0.335 e. The molecule has 112 valence electrons. The van der Waals surface area contributed by atoms with Crippen molar-refractivity contribution in [2.75, 3.05) is 0 Å². The molecule has 21 heavy (non-hydrogen) atoms. The average Bonchev–Trinajstić information content (AvgIpc) is 2.91. The Labute approximate surface area is 124 Å². The predicted octanol–water partition coefficient (Wildman–Crippen LogP) is 3.20. The van der Waals surface area contributed by atoms with Crippen LogP contribution in [-0.4, -0.2) is 21.9 Å². The van der Waals surface area contributed by atoms with Crippen molar-refractivity contribution < 1.29 is 14.7 Å². The second-order valence-electron chi connectivity index (χ2n) is 6.25. The molecule has 0 atom stereocenters. The van der Waals surface area contributed by atoms with Gasteiger partial charge in [-0.3, -0.25) is 4.79 Å². The van der Waals surface area contributed by atoms with Crippen LogP contribution in [0, 0.1) is 5.92 Å². The van der Waals surface area contributed by atoms with Gasteiger partial charge in [-0.15, -0.1) is 0 Å². The normalized spacial score (nSPS) is 18.6. The average molecular weight is 287 g/mol. The third-order valence-corrected chi connectivity index (χ3v) is 4.72. The molecule has 0 radical (unpaired) electrons. The van der Waals surface area contributed by atoms with E-state index in [0.717, 1.165) is 11.1 Å². The van der Waals surface area contributed by atoms with Crippen molar-refractivity contribution in [1.29, 1.82) is 0 Å². The Kier molecular flexibility index (Phi) is 3.95. The number of benzene rings is 1. The first-order valence-electron chi connectivity index (χ1n) is 7.76. The summed E-state index contributed by atoms with van der Waals surface area (Å²) in [6, 6.07) is 5.16. The van der Waals surface area contributed by atoms with E-state index in [0.29, 0.717) is 31.0 Å². The van der Waals surface area contributed by atoms with Crippen LogP contribution >= 0.6 is 0 Å². The zero-order valence-corrected chi connectivity index (χ0v) is 12.2. The molecule has 0 saturated heterocycles. The fraction of sp³-hybridized carbons (Fsp3) is 0.529. The van der Waals surface area contributed by atoms with Crippen LogP contribution in [0.25, 0.3) is 0 Å². The SMILES string of the molecule is O=C(O)c1ccc2c(c1)CN(C(=O)CC1CCCCC1)C2. The number of nitrogens with zero attached hydrogens (tertiary/aromatic N) is 1. The number of hydrogen-bond donors (Lipinski definition) is 1. The van der Waals surface area contributed by atoms with Gasteiger partial charge in [-0.05, 0) is 42.0 Å². The fourth-order valence-corrected chi connectivity index (χ4v) is 3.47. The summed E-state index contributed by atoms with van der Waals surface area (Å²) < 4.78 is 0. The van der Waals surface area contributed by atoms with Crippen LogP contribution in [0.3, 0.4) is 0 Å². The predicted molar refractivity (Wildman–Crippen MR) is 78.8 cm³/mol. The first-order valence-corrected chi connectivity index (χ1v) is 7.76. The summed E-state index contributed by atoms with van der Waals surface area (Å²) in [5.41, 5.74) is 2.36. The Morgan fingerprint density at radius 2 is 1.81 bits per heavy atom. The first kappa shape index (κ1) is 14.1. The first-order chi connectivity index (χ1) is 10.1. The molecule has 1 amide bonds. The number of carbonyl (C=O) groups is 2. The molecule has 4 heteroatoms. The van der Waals surface area contributed by atoms with Gasteiger partial charge in [-0.25, -0.2) is 4.79 Å². The van der Waals surface area contributed by atoms with Crippen molar-refractivity contribution in [3.8, 4) is 0 Å². The Morgan fingerprint density at radius 3 is 2.52 bits per heavy atom. The van der Waals surface area contributed by atoms with E-state index >= 15 is 0 Å². The number of hydrogen-bond acceptors (Lipinski definition) is 2. The van der Waals surface area contributed by atoms with Gasteiger partial charge in [-0.2, -0.15) is 0 Å². The maximum atomic E-state index is 12.4. The van der Waals surface area contributed by atoms with Gasteiger partial charge in [0.05, 0.1) is 5.56 Å². The molecular weight excluding hydrogens is 266 g/mol. The number of carbonyl (C=O) groups excluding carboxylic acids is 1. The zero-order valence-electron chi connectivity index (χ0n) is 12.2. The van der Waals surface area contributed by atoms with Crippen molar-refractivity contribution in [3.05, 3.63) is 34.9 Å². The largest absolute Gasteiger partial charge is 0.478 e. The van der Waals surface area contributed by atoms with Gasteiger partial charge in [-0.1, -0.05) is 25.3 Å². The lowest BCUT2D eigenvalue weighted by molar-refractivity contribution is -0.133. The molecule has 0 unspecified atom stereocenters. The molecule has 1 heterocycles.